The summed E-state index contributed by atoms with van der Waals surface area (Å²) in [5.41, 5.74) is 0. The van der Waals surface area contributed by atoms with Crippen molar-refractivity contribution in [3.05, 3.63) is 12.2 Å². The van der Waals surface area contributed by atoms with E-state index in [2.05, 4.69) is 19.9 Å². The predicted molar refractivity (Wildman–Crippen MR) is 126 cm³/mol. The zero-order valence-electron chi connectivity index (χ0n) is 20.7. The van der Waals surface area contributed by atoms with Crippen molar-refractivity contribution in [2.45, 2.75) is 103 Å². The lowest BCUT2D eigenvalue weighted by atomic mass is 10.0. The number of allylic oxidation sites excluding steroid dienone is 1. The van der Waals surface area contributed by atoms with E-state index in [0.29, 0.717) is 25.9 Å². The van der Waals surface area contributed by atoms with Crippen molar-refractivity contribution in [2.75, 3.05) is 34.3 Å². The zero-order valence-corrected chi connectivity index (χ0v) is 20.7. The molecule has 0 bridgehead atoms. The van der Waals surface area contributed by atoms with E-state index in [-0.39, 0.29) is 24.8 Å². The van der Waals surface area contributed by atoms with Gasteiger partial charge in [0.1, 0.15) is 19.3 Å². The lowest BCUT2D eigenvalue weighted by Gasteiger charge is -2.23. The molecule has 31 heavy (non-hydrogen) atoms. The van der Waals surface area contributed by atoms with Gasteiger partial charge in [0.25, 0.3) is 0 Å². The topological polar surface area (TPSA) is 72.8 Å². The minimum atomic E-state index is -0.691. The molecule has 2 unspecified atom stereocenters. The van der Waals surface area contributed by atoms with Crippen LogP contribution in [0.4, 0.5) is 0 Å². The second-order valence-corrected chi connectivity index (χ2v) is 9.38. The average Bonchev–Trinajstić information content (AvgIpc) is 2.68. The maximum atomic E-state index is 12.3. The number of aliphatic hydroxyl groups excluding tert-OH is 1. The predicted octanol–water partition coefficient (Wildman–Crippen LogP) is 4.79. The van der Waals surface area contributed by atoms with Gasteiger partial charge in [0, 0.05) is 12.8 Å². The number of hydrogen-bond acceptors (Lipinski definition) is 5. The van der Waals surface area contributed by atoms with E-state index >= 15 is 0 Å². The quantitative estimate of drug-likeness (QED) is 0.135. The van der Waals surface area contributed by atoms with Crippen molar-refractivity contribution in [3.63, 3.8) is 0 Å². The Hall–Kier alpha value is -1.40. The van der Waals surface area contributed by atoms with Gasteiger partial charge < -0.3 is 19.1 Å². The number of aliphatic hydroxyl groups is 1. The summed E-state index contributed by atoms with van der Waals surface area (Å²) >= 11 is 0. The number of carbonyl (C=O) groups excluding carboxylic acids is 2. The molecule has 0 aromatic carbocycles. The highest BCUT2D eigenvalue weighted by molar-refractivity contribution is 5.72. The van der Waals surface area contributed by atoms with E-state index in [1.807, 2.05) is 27.2 Å². The first kappa shape index (κ1) is 29.6. The molecule has 1 N–H and O–H groups in total. The lowest BCUT2D eigenvalue weighted by molar-refractivity contribution is -0.870. The first-order valence-corrected chi connectivity index (χ1v) is 12.2. The molecule has 0 saturated carbocycles. The summed E-state index contributed by atoms with van der Waals surface area (Å²) in [4.78, 5) is 24.1. The van der Waals surface area contributed by atoms with Gasteiger partial charge in [-0.3, -0.25) is 9.59 Å². The van der Waals surface area contributed by atoms with Crippen LogP contribution in [0.25, 0.3) is 0 Å². The highest BCUT2D eigenvalue weighted by atomic mass is 16.6. The van der Waals surface area contributed by atoms with Crippen molar-refractivity contribution in [1.29, 1.82) is 0 Å². The maximum Gasteiger partial charge on any atom is 0.306 e. The average molecular weight is 443 g/mol. The minimum absolute atomic E-state index is 0.161. The second-order valence-electron chi connectivity index (χ2n) is 9.38. The van der Waals surface area contributed by atoms with Gasteiger partial charge in [0.2, 0.25) is 0 Å². The highest BCUT2D eigenvalue weighted by Crippen LogP contribution is 2.16. The molecule has 0 aliphatic rings. The zero-order chi connectivity index (χ0) is 23.5. The number of carbonyl (C=O) groups is 2. The van der Waals surface area contributed by atoms with Gasteiger partial charge in [-0.1, -0.05) is 51.7 Å². The van der Waals surface area contributed by atoms with Crippen molar-refractivity contribution in [2.24, 2.45) is 0 Å². The van der Waals surface area contributed by atoms with Crippen LogP contribution in [0.5, 0.6) is 0 Å². The molecule has 6 heteroatoms. The van der Waals surface area contributed by atoms with E-state index < -0.39 is 12.2 Å². The Bertz CT molecular complexity index is 499. The van der Waals surface area contributed by atoms with E-state index in [4.69, 9.17) is 9.47 Å². The van der Waals surface area contributed by atoms with Crippen LogP contribution in [0.15, 0.2) is 12.2 Å². The van der Waals surface area contributed by atoms with Crippen molar-refractivity contribution < 1.29 is 28.7 Å². The third-order valence-corrected chi connectivity index (χ3v) is 5.11. The molecule has 0 radical (unpaired) electrons. The van der Waals surface area contributed by atoms with Crippen LogP contribution in [-0.2, 0) is 19.1 Å². The van der Waals surface area contributed by atoms with Gasteiger partial charge in [-0.15, -0.1) is 0 Å². The molecule has 0 amide bonds. The second kappa shape index (κ2) is 18.2. The molecule has 0 aliphatic heterocycles. The molecule has 6 nitrogen and oxygen atoms in total. The number of rotatable bonds is 19. The van der Waals surface area contributed by atoms with Gasteiger partial charge in [-0.25, -0.2) is 0 Å². The Morgan fingerprint density at radius 3 is 2.19 bits per heavy atom. The highest BCUT2D eigenvalue weighted by Gasteiger charge is 2.22. The van der Waals surface area contributed by atoms with E-state index in [1.54, 1.807) is 0 Å². The number of likely N-dealkylation sites (N-methyl/N-ethyl adjacent to an activating group) is 1. The summed E-state index contributed by atoms with van der Waals surface area (Å²) in [6, 6.07) is 0. The van der Waals surface area contributed by atoms with Crippen LogP contribution >= 0.6 is 0 Å². The fraction of sp³-hybridized carbons (Fsp3) is 0.840. The third-order valence-electron chi connectivity index (χ3n) is 5.11. The van der Waals surface area contributed by atoms with Gasteiger partial charge in [-0.2, -0.15) is 0 Å². The standard InChI is InChI=1S/C25H48NO5/c1-6-8-10-11-12-14-16-22(27)23(17-13-9-7-2)31-25(29)19-15-18-24(28)30-21-20-26(3,4)5/h12,14,22-23,27H,6-11,13,15-21H2,1-5H3/q+1/b14-12-. The van der Waals surface area contributed by atoms with Crippen LogP contribution in [0.1, 0.15) is 90.9 Å². The molecule has 0 aromatic rings. The van der Waals surface area contributed by atoms with Crippen LogP contribution in [0.2, 0.25) is 0 Å². The SMILES string of the molecule is CCCCC/C=C\CC(O)C(CCCCC)OC(=O)CCCC(=O)OCC[N+](C)(C)C. The fourth-order valence-corrected chi connectivity index (χ4v) is 3.05. The Morgan fingerprint density at radius 1 is 0.903 bits per heavy atom. The lowest BCUT2D eigenvalue weighted by Crippen LogP contribution is -2.38. The normalized spacial score (nSPS) is 13.9. The number of ether oxygens (including phenoxy) is 2. The number of quaternary nitrogens is 1. The van der Waals surface area contributed by atoms with Crippen LogP contribution in [0, 0.1) is 0 Å². The molecule has 0 rings (SSSR count). The Labute approximate surface area is 190 Å². The van der Waals surface area contributed by atoms with Crippen LogP contribution in [0.3, 0.4) is 0 Å². The summed E-state index contributed by atoms with van der Waals surface area (Å²) in [5, 5.41) is 10.5. The molecule has 0 fully saturated rings. The first-order chi connectivity index (χ1) is 14.7. The van der Waals surface area contributed by atoms with Crippen molar-refractivity contribution >= 4 is 11.9 Å². The summed E-state index contributed by atoms with van der Waals surface area (Å²) in [6.07, 6.45) is 12.5. The molecule has 0 saturated heterocycles. The summed E-state index contributed by atoms with van der Waals surface area (Å²) in [6.45, 7) is 5.43. The number of hydrogen-bond donors (Lipinski definition) is 1. The summed E-state index contributed by atoms with van der Waals surface area (Å²) < 4.78 is 11.5. The molecule has 0 aromatic heterocycles. The fourth-order valence-electron chi connectivity index (χ4n) is 3.05. The van der Waals surface area contributed by atoms with E-state index in [9.17, 15) is 14.7 Å². The molecule has 0 spiro atoms. The van der Waals surface area contributed by atoms with E-state index in [1.165, 1.54) is 12.8 Å². The summed E-state index contributed by atoms with van der Waals surface area (Å²) in [7, 11) is 6.12. The Morgan fingerprint density at radius 2 is 1.55 bits per heavy atom. The van der Waals surface area contributed by atoms with E-state index in [0.717, 1.165) is 43.1 Å². The maximum absolute atomic E-state index is 12.3. The van der Waals surface area contributed by atoms with Gasteiger partial charge >= 0.3 is 11.9 Å². The molecule has 0 aliphatic carbocycles. The first-order valence-electron chi connectivity index (χ1n) is 12.2. The monoisotopic (exact) mass is 442 g/mol. The van der Waals surface area contributed by atoms with Crippen molar-refractivity contribution in [3.8, 4) is 0 Å². The minimum Gasteiger partial charge on any atom is -0.460 e. The van der Waals surface area contributed by atoms with Crippen LogP contribution < -0.4 is 0 Å². The molecule has 182 valence electrons. The Balaban J connectivity index is 4.32. The van der Waals surface area contributed by atoms with Gasteiger partial charge in [0.15, 0.2) is 0 Å². The largest absolute Gasteiger partial charge is 0.460 e. The molecule has 0 heterocycles. The number of esters is 2. The smallest absolute Gasteiger partial charge is 0.306 e. The van der Waals surface area contributed by atoms with Gasteiger partial charge in [-0.05, 0) is 38.5 Å². The van der Waals surface area contributed by atoms with Crippen molar-refractivity contribution in [1.82, 2.24) is 0 Å². The number of unbranched alkanes of at least 4 members (excludes halogenated alkanes) is 5. The summed E-state index contributed by atoms with van der Waals surface area (Å²) in [5.74, 6) is -0.638. The van der Waals surface area contributed by atoms with Gasteiger partial charge in [0.05, 0.1) is 27.2 Å². The number of nitrogens with zero attached hydrogens (tertiary/aromatic N) is 1. The Kier molecular flexibility index (Phi) is 17.4. The molecular weight excluding hydrogens is 394 g/mol. The van der Waals surface area contributed by atoms with Crippen LogP contribution in [-0.4, -0.2) is 68.0 Å². The third kappa shape index (κ3) is 19.0. The molecular formula is C25H48NO5+. The molecule has 2 atom stereocenters.